The molecule has 0 radical (unpaired) electrons. The first-order valence-electron chi connectivity index (χ1n) is 11.5. The summed E-state index contributed by atoms with van der Waals surface area (Å²) in [6.45, 7) is 4.85. The summed E-state index contributed by atoms with van der Waals surface area (Å²) in [5.74, 6) is 0.730. The lowest BCUT2D eigenvalue weighted by atomic mass is 9.78. The zero-order chi connectivity index (χ0) is 23.8. The maximum atomic E-state index is 12.9. The first kappa shape index (κ1) is 23.6. The van der Waals surface area contributed by atoms with E-state index in [1.54, 1.807) is 44.1 Å². The van der Waals surface area contributed by atoms with Crippen LogP contribution in [-0.2, 0) is 10.4 Å². The van der Waals surface area contributed by atoms with Gasteiger partial charge in [-0.25, -0.2) is 0 Å². The van der Waals surface area contributed by atoms with Gasteiger partial charge in [-0.1, -0.05) is 41.9 Å². The summed E-state index contributed by atoms with van der Waals surface area (Å²) >= 11 is 6.39. The Labute approximate surface area is 200 Å². The van der Waals surface area contributed by atoms with Crippen molar-refractivity contribution < 1.29 is 14.7 Å². The highest BCUT2D eigenvalue weighted by molar-refractivity contribution is 6.34. The van der Waals surface area contributed by atoms with Gasteiger partial charge in [0.25, 0.3) is 11.8 Å². The number of halogens is 1. The third-order valence-electron chi connectivity index (χ3n) is 7.11. The summed E-state index contributed by atoms with van der Waals surface area (Å²) < 4.78 is 0. The van der Waals surface area contributed by atoms with Crippen LogP contribution in [0.5, 0.6) is 0 Å². The van der Waals surface area contributed by atoms with Crippen molar-refractivity contribution in [1.82, 2.24) is 9.80 Å². The van der Waals surface area contributed by atoms with E-state index < -0.39 is 5.60 Å². The molecule has 176 valence electrons. The Kier molecular flexibility index (Phi) is 6.68. The van der Waals surface area contributed by atoms with Crippen molar-refractivity contribution in [1.29, 1.82) is 0 Å². The van der Waals surface area contributed by atoms with Gasteiger partial charge in [0.1, 0.15) is 0 Å². The average molecular weight is 470 g/mol. The molecule has 1 atom stereocenters. The van der Waals surface area contributed by atoms with Crippen molar-refractivity contribution in [3.63, 3.8) is 0 Å². The molecule has 2 aromatic carbocycles. The Morgan fingerprint density at radius 1 is 1.03 bits per heavy atom. The minimum absolute atomic E-state index is 0.0967. The fraction of sp³-hybridized carbons (Fsp3) is 0.462. The molecule has 2 fully saturated rings. The second kappa shape index (κ2) is 9.35. The van der Waals surface area contributed by atoms with E-state index in [0.29, 0.717) is 41.1 Å². The second-order valence-corrected chi connectivity index (χ2v) is 10.0. The Hall–Kier alpha value is -2.57. The largest absolute Gasteiger partial charge is 0.376 e. The second-order valence-electron chi connectivity index (χ2n) is 9.60. The quantitative estimate of drug-likeness (QED) is 0.726. The Morgan fingerprint density at radius 2 is 1.67 bits per heavy atom. The van der Waals surface area contributed by atoms with Crippen LogP contribution >= 0.6 is 11.6 Å². The van der Waals surface area contributed by atoms with Gasteiger partial charge in [-0.05, 0) is 55.4 Å². The highest BCUT2D eigenvalue weighted by Crippen LogP contribution is 2.36. The number of benzene rings is 2. The molecule has 7 heteroatoms. The number of hydrogen-bond acceptors (Lipinski definition) is 4. The van der Waals surface area contributed by atoms with Crippen molar-refractivity contribution in [2.45, 2.75) is 25.4 Å². The van der Waals surface area contributed by atoms with E-state index in [1.165, 1.54) is 4.90 Å². The molecule has 1 N–H and O–H groups in total. The van der Waals surface area contributed by atoms with Gasteiger partial charge >= 0.3 is 0 Å². The number of carbonyl (C=O) groups excluding carboxylic acids is 2. The fourth-order valence-corrected chi connectivity index (χ4v) is 5.17. The number of likely N-dealkylation sites (tertiary alicyclic amines) is 1. The summed E-state index contributed by atoms with van der Waals surface area (Å²) in [6.07, 6.45) is 2.11. The molecule has 0 unspecified atom stereocenters. The Balaban J connectivity index is 1.30. The van der Waals surface area contributed by atoms with E-state index in [4.69, 9.17) is 11.6 Å². The van der Waals surface area contributed by atoms with Crippen molar-refractivity contribution in [2.24, 2.45) is 11.8 Å². The van der Waals surface area contributed by atoms with Crippen molar-refractivity contribution in [2.75, 3.05) is 45.2 Å². The highest BCUT2D eigenvalue weighted by Gasteiger charge is 2.44. The monoisotopic (exact) mass is 469 g/mol. The minimum atomic E-state index is -1.49. The minimum Gasteiger partial charge on any atom is -0.376 e. The van der Waals surface area contributed by atoms with Crippen LogP contribution < -0.4 is 4.90 Å². The number of aliphatic hydroxyl groups is 1. The maximum Gasteiger partial charge on any atom is 0.258 e. The van der Waals surface area contributed by atoms with Crippen molar-refractivity contribution >= 4 is 29.1 Å². The summed E-state index contributed by atoms with van der Waals surface area (Å²) in [4.78, 5) is 30.7. The first-order chi connectivity index (χ1) is 15.7. The van der Waals surface area contributed by atoms with Crippen molar-refractivity contribution in [3.05, 3.63) is 64.7 Å². The van der Waals surface area contributed by atoms with E-state index >= 15 is 0 Å². The number of rotatable bonds is 5. The summed E-state index contributed by atoms with van der Waals surface area (Å²) in [5.41, 5.74) is 0.697. The molecule has 0 bridgehead atoms. The lowest BCUT2D eigenvalue weighted by Crippen LogP contribution is -2.58. The molecule has 0 spiro atoms. The molecule has 2 aromatic rings. The lowest BCUT2D eigenvalue weighted by Gasteiger charge is -2.48. The van der Waals surface area contributed by atoms with Gasteiger partial charge in [-0.3, -0.25) is 9.59 Å². The van der Waals surface area contributed by atoms with Crippen LogP contribution in [0.15, 0.2) is 48.5 Å². The van der Waals surface area contributed by atoms with E-state index in [1.807, 2.05) is 30.3 Å². The van der Waals surface area contributed by atoms with Crippen LogP contribution in [0.4, 0.5) is 5.69 Å². The smallest absolute Gasteiger partial charge is 0.258 e. The predicted octanol–water partition coefficient (Wildman–Crippen LogP) is 3.62. The van der Waals surface area contributed by atoms with Crippen LogP contribution in [0.2, 0.25) is 5.02 Å². The zero-order valence-electron chi connectivity index (χ0n) is 19.5. The third-order valence-corrected chi connectivity index (χ3v) is 7.42. The average Bonchev–Trinajstić information content (AvgIpc) is 2.78. The Bertz CT molecular complexity index is 1010. The molecule has 2 aliphatic heterocycles. The van der Waals surface area contributed by atoms with E-state index in [-0.39, 0.29) is 11.8 Å². The van der Waals surface area contributed by atoms with Gasteiger partial charge in [0.05, 0.1) is 10.6 Å². The van der Waals surface area contributed by atoms with Gasteiger partial charge in [-0.2, -0.15) is 0 Å². The molecular formula is C26H32ClN3O3. The standard InChI is InChI=1S/C26H32ClN3O3/c1-26(33,20-7-5-4-6-8-20)25(32)30-16-19(17-30)18-11-13-29(14-12-18)21-9-10-22(23(27)15-21)24(31)28(2)3/h4-10,15,18-19,33H,11-14,16-17H2,1-3H3/t26-/m1/s1. The molecule has 2 amide bonds. The molecular weight excluding hydrogens is 438 g/mol. The normalized spacial score (nSPS) is 19.1. The summed E-state index contributed by atoms with van der Waals surface area (Å²) in [7, 11) is 3.43. The summed E-state index contributed by atoms with van der Waals surface area (Å²) in [6, 6.07) is 14.8. The molecule has 4 rings (SSSR count). The number of hydrogen-bond donors (Lipinski definition) is 1. The molecule has 0 aliphatic carbocycles. The molecule has 0 aromatic heterocycles. The van der Waals surface area contributed by atoms with Crippen LogP contribution in [0.1, 0.15) is 35.7 Å². The van der Waals surface area contributed by atoms with Gasteiger partial charge in [0, 0.05) is 46.0 Å². The predicted molar refractivity (Wildman–Crippen MR) is 130 cm³/mol. The van der Waals surface area contributed by atoms with Crippen LogP contribution in [0, 0.1) is 11.8 Å². The number of piperidine rings is 1. The molecule has 2 saturated heterocycles. The van der Waals surface area contributed by atoms with Gasteiger partial charge in [-0.15, -0.1) is 0 Å². The van der Waals surface area contributed by atoms with E-state index in [2.05, 4.69) is 4.90 Å². The SMILES string of the molecule is CN(C)C(=O)c1ccc(N2CCC(C3CN(C(=O)[C@](C)(O)c4ccccc4)C3)CC2)cc1Cl. The Morgan fingerprint density at radius 3 is 2.24 bits per heavy atom. The first-order valence-corrected chi connectivity index (χ1v) is 11.9. The highest BCUT2D eigenvalue weighted by atomic mass is 35.5. The van der Waals surface area contributed by atoms with Crippen LogP contribution in [0.25, 0.3) is 0 Å². The van der Waals surface area contributed by atoms with Crippen LogP contribution in [-0.4, -0.2) is 67.0 Å². The number of carbonyl (C=O) groups is 2. The lowest BCUT2D eigenvalue weighted by molar-refractivity contribution is -0.159. The molecule has 2 heterocycles. The van der Waals surface area contributed by atoms with Crippen LogP contribution in [0.3, 0.4) is 0 Å². The summed E-state index contributed by atoms with van der Waals surface area (Å²) in [5, 5.41) is 11.3. The van der Waals surface area contributed by atoms with Crippen molar-refractivity contribution in [3.8, 4) is 0 Å². The van der Waals surface area contributed by atoms with Gasteiger partial charge < -0.3 is 19.8 Å². The fourth-order valence-electron chi connectivity index (χ4n) is 4.91. The molecule has 6 nitrogen and oxygen atoms in total. The third kappa shape index (κ3) is 4.73. The van der Waals surface area contributed by atoms with Gasteiger partial charge in [0.15, 0.2) is 5.60 Å². The maximum absolute atomic E-state index is 12.9. The van der Waals surface area contributed by atoms with Gasteiger partial charge in [0.2, 0.25) is 0 Å². The molecule has 0 saturated carbocycles. The molecule has 2 aliphatic rings. The topological polar surface area (TPSA) is 64.1 Å². The number of nitrogens with zero attached hydrogens (tertiary/aromatic N) is 3. The number of amides is 2. The van der Waals surface area contributed by atoms with E-state index in [9.17, 15) is 14.7 Å². The van der Waals surface area contributed by atoms with E-state index in [0.717, 1.165) is 31.6 Å². The molecule has 33 heavy (non-hydrogen) atoms. The number of anilines is 1. The zero-order valence-corrected chi connectivity index (χ0v) is 20.3.